The molecule has 22 heavy (non-hydrogen) atoms. The second kappa shape index (κ2) is 5.12. The summed E-state index contributed by atoms with van der Waals surface area (Å²) in [5.41, 5.74) is 10.8. The van der Waals surface area contributed by atoms with Gasteiger partial charge in [-0.15, -0.1) is 5.10 Å². The monoisotopic (exact) mass is 298 g/mol. The smallest absolute Gasteiger partial charge is 0.172 e. The molecule has 2 aromatic heterocycles. The number of aryl methyl sites for hydroxylation is 2. The second-order valence-electron chi connectivity index (χ2n) is 6.15. The molecule has 3 N–H and O–H groups in total. The van der Waals surface area contributed by atoms with Crippen LogP contribution in [0, 0.1) is 0 Å². The Morgan fingerprint density at radius 2 is 2.18 bits per heavy atom. The molecule has 6 heteroatoms. The summed E-state index contributed by atoms with van der Waals surface area (Å²) in [6.07, 6.45) is 7.66. The summed E-state index contributed by atoms with van der Waals surface area (Å²) in [7, 11) is 2.07. The number of hydrogen-bond donors (Lipinski definition) is 2. The SMILES string of the molecule is CN1C=CN(CCNc2nn3c4c(ccc3c2N)CCC4)C1. The summed E-state index contributed by atoms with van der Waals surface area (Å²) >= 11 is 0. The first-order valence-corrected chi connectivity index (χ1v) is 7.88. The Hall–Kier alpha value is -2.37. The number of nitrogens with zero attached hydrogens (tertiary/aromatic N) is 4. The van der Waals surface area contributed by atoms with Gasteiger partial charge in [-0.25, -0.2) is 4.52 Å². The minimum Gasteiger partial charge on any atom is -0.394 e. The highest BCUT2D eigenvalue weighted by atomic mass is 15.3. The van der Waals surface area contributed by atoms with Crippen LogP contribution in [-0.4, -0.2) is 46.2 Å². The Labute approximate surface area is 130 Å². The van der Waals surface area contributed by atoms with Crippen LogP contribution < -0.4 is 11.1 Å². The van der Waals surface area contributed by atoms with Crippen molar-refractivity contribution in [3.63, 3.8) is 0 Å². The Kier molecular flexibility index (Phi) is 3.10. The summed E-state index contributed by atoms with van der Waals surface area (Å²) in [6, 6.07) is 4.29. The van der Waals surface area contributed by atoms with Crippen molar-refractivity contribution in [2.24, 2.45) is 0 Å². The van der Waals surface area contributed by atoms with Crippen LogP contribution in [0.1, 0.15) is 17.7 Å². The van der Waals surface area contributed by atoms with Crippen LogP contribution >= 0.6 is 0 Å². The fourth-order valence-electron chi connectivity index (χ4n) is 3.34. The fraction of sp³-hybridized carbons (Fsp3) is 0.438. The fourth-order valence-corrected chi connectivity index (χ4v) is 3.34. The van der Waals surface area contributed by atoms with Crippen molar-refractivity contribution in [3.05, 3.63) is 35.8 Å². The van der Waals surface area contributed by atoms with E-state index in [0.29, 0.717) is 0 Å². The minimum absolute atomic E-state index is 0.754. The van der Waals surface area contributed by atoms with Gasteiger partial charge in [-0.2, -0.15) is 0 Å². The molecule has 0 radical (unpaired) electrons. The molecule has 0 unspecified atom stereocenters. The summed E-state index contributed by atoms with van der Waals surface area (Å²) in [5, 5.41) is 8.08. The first kappa shape index (κ1) is 13.3. The van der Waals surface area contributed by atoms with Crippen LogP contribution in [0.15, 0.2) is 24.5 Å². The third-order valence-electron chi connectivity index (χ3n) is 4.52. The molecule has 0 saturated heterocycles. The van der Waals surface area contributed by atoms with Crippen molar-refractivity contribution < 1.29 is 0 Å². The molecule has 116 valence electrons. The lowest BCUT2D eigenvalue weighted by molar-refractivity contribution is 0.304. The molecule has 0 atom stereocenters. The molecule has 0 amide bonds. The summed E-state index contributed by atoms with van der Waals surface area (Å²) in [6.45, 7) is 2.70. The maximum absolute atomic E-state index is 6.27. The van der Waals surface area contributed by atoms with Crippen LogP contribution in [0.2, 0.25) is 0 Å². The standard InChI is InChI=1S/C16H22N6/c1-20-9-10-21(11-20)8-7-18-16-15(17)14-6-5-12-3-2-4-13(12)22(14)19-16/h5-6,9-10H,2-4,7-8,11,17H2,1H3,(H,18,19). The normalized spacial score (nSPS) is 16.8. The maximum Gasteiger partial charge on any atom is 0.172 e. The van der Waals surface area contributed by atoms with Gasteiger partial charge in [0.05, 0.1) is 12.2 Å². The lowest BCUT2D eigenvalue weighted by Gasteiger charge is -2.18. The van der Waals surface area contributed by atoms with E-state index in [1.165, 1.54) is 17.7 Å². The summed E-state index contributed by atoms with van der Waals surface area (Å²) < 4.78 is 2.03. The number of rotatable bonds is 4. The van der Waals surface area contributed by atoms with Gasteiger partial charge in [0.25, 0.3) is 0 Å². The van der Waals surface area contributed by atoms with E-state index in [2.05, 4.69) is 46.7 Å². The zero-order valence-corrected chi connectivity index (χ0v) is 12.9. The molecule has 4 rings (SSSR count). The van der Waals surface area contributed by atoms with Crippen molar-refractivity contribution in [2.75, 3.05) is 37.9 Å². The lowest BCUT2D eigenvalue weighted by atomic mass is 10.2. The highest BCUT2D eigenvalue weighted by molar-refractivity contribution is 5.81. The van der Waals surface area contributed by atoms with Gasteiger partial charge in [0, 0.05) is 38.2 Å². The average Bonchev–Trinajstić information content (AvgIpc) is 3.19. The van der Waals surface area contributed by atoms with Gasteiger partial charge in [-0.1, -0.05) is 6.07 Å². The number of anilines is 2. The third-order valence-corrected chi connectivity index (χ3v) is 4.52. The zero-order valence-electron chi connectivity index (χ0n) is 12.9. The molecule has 6 nitrogen and oxygen atoms in total. The quantitative estimate of drug-likeness (QED) is 0.895. The van der Waals surface area contributed by atoms with E-state index >= 15 is 0 Å². The Morgan fingerprint density at radius 1 is 1.27 bits per heavy atom. The summed E-state index contributed by atoms with van der Waals surface area (Å²) in [4.78, 5) is 4.42. The van der Waals surface area contributed by atoms with Crippen molar-refractivity contribution in [1.29, 1.82) is 0 Å². The van der Waals surface area contributed by atoms with E-state index in [9.17, 15) is 0 Å². The molecule has 1 aliphatic carbocycles. The highest BCUT2D eigenvalue weighted by Gasteiger charge is 2.18. The molecule has 0 aromatic carbocycles. The Bertz CT molecular complexity index is 732. The van der Waals surface area contributed by atoms with Gasteiger partial charge < -0.3 is 20.9 Å². The lowest BCUT2D eigenvalue weighted by Crippen LogP contribution is -2.27. The van der Waals surface area contributed by atoms with E-state index in [1.54, 1.807) is 0 Å². The minimum atomic E-state index is 0.754. The molecule has 0 bridgehead atoms. The van der Waals surface area contributed by atoms with E-state index < -0.39 is 0 Å². The number of nitrogen functional groups attached to an aromatic ring is 1. The molecular formula is C16H22N6. The number of pyridine rings is 1. The maximum atomic E-state index is 6.27. The predicted octanol–water partition coefficient (Wildman–Crippen LogP) is 1.49. The molecule has 0 spiro atoms. The predicted molar refractivity (Wildman–Crippen MR) is 88.6 cm³/mol. The molecular weight excluding hydrogens is 276 g/mol. The first-order chi connectivity index (χ1) is 10.7. The van der Waals surface area contributed by atoms with Crippen molar-refractivity contribution in [3.8, 4) is 0 Å². The van der Waals surface area contributed by atoms with Crippen LogP contribution in [0.3, 0.4) is 0 Å². The third kappa shape index (κ3) is 2.15. The summed E-state index contributed by atoms with van der Waals surface area (Å²) in [5.74, 6) is 0.803. The van der Waals surface area contributed by atoms with Crippen LogP contribution in [0.4, 0.5) is 11.5 Å². The van der Waals surface area contributed by atoms with Crippen LogP contribution in [0.5, 0.6) is 0 Å². The van der Waals surface area contributed by atoms with Gasteiger partial charge in [-0.05, 0) is 30.9 Å². The highest BCUT2D eigenvalue weighted by Crippen LogP contribution is 2.29. The van der Waals surface area contributed by atoms with Crippen molar-refractivity contribution >= 4 is 17.0 Å². The Balaban J connectivity index is 1.50. The molecule has 1 aliphatic heterocycles. The average molecular weight is 298 g/mol. The molecule has 3 heterocycles. The van der Waals surface area contributed by atoms with Gasteiger partial charge in [-0.3, -0.25) is 0 Å². The van der Waals surface area contributed by atoms with E-state index in [-0.39, 0.29) is 0 Å². The van der Waals surface area contributed by atoms with Gasteiger partial charge in [0.2, 0.25) is 0 Å². The number of nitrogens with two attached hydrogens (primary N) is 1. The van der Waals surface area contributed by atoms with Crippen molar-refractivity contribution in [1.82, 2.24) is 19.4 Å². The topological polar surface area (TPSA) is 61.8 Å². The largest absolute Gasteiger partial charge is 0.394 e. The Morgan fingerprint density at radius 3 is 3.00 bits per heavy atom. The van der Waals surface area contributed by atoms with Crippen molar-refractivity contribution in [2.45, 2.75) is 19.3 Å². The molecule has 2 aliphatic rings. The van der Waals surface area contributed by atoms with Crippen LogP contribution in [0.25, 0.3) is 5.52 Å². The number of nitrogens with one attached hydrogen (secondary N) is 1. The molecule has 0 saturated carbocycles. The van der Waals surface area contributed by atoms with E-state index in [4.69, 9.17) is 10.8 Å². The number of aromatic nitrogens is 2. The van der Waals surface area contributed by atoms with Gasteiger partial charge >= 0.3 is 0 Å². The number of fused-ring (bicyclic) bond motifs is 3. The second-order valence-corrected chi connectivity index (χ2v) is 6.15. The molecule has 2 aromatic rings. The first-order valence-electron chi connectivity index (χ1n) is 7.88. The number of hydrogen-bond acceptors (Lipinski definition) is 5. The van der Waals surface area contributed by atoms with Gasteiger partial charge in [0.15, 0.2) is 5.82 Å². The van der Waals surface area contributed by atoms with Crippen LogP contribution in [-0.2, 0) is 12.8 Å². The zero-order chi connectivity index (χ0) is 15.1. The molecule has 0 fully saturated rings. The van der Waals surface area contributed by atoms with E-state index in [0.717, 1.165) is 49.6 Å². The van der Waals surface area contributed by atoms with E-state index in [1.807, 2.05) is 4.52 Å². The van der Waals surface area contributed by atoms with Gasteiger partial charge in [0.1, 0.15) is 5.69 Å².